The number of ether oxygens (including phenoxy) is 1. The van der Waals surface area contributed by atoms with Crippen molar-refractivity contribution in [2.24, 2.45) is 0 Å². The van der Waals surface area contributed by atoms with E-state index in [0.717, 1.165) is 25.7 Å². The molecule has 0 radical (unpaired) electrons. The van der Waals surface area contributed by atoms with E-state index in [1.165, 1.54) is 19.9 Å². The highest BCUT2D eigenvalue weighted by Crippen LogP contribution is 2.28. The Morgan fingerprint density at radius 1 is 1.17 bits per heavy atom. The highest BCUT2D eigenvalue weighted by Gasteiger charge is 2.25. The summed E-state index contributed by atoms with van der Waals surface area (Å²) in [4.78, 5) is 42.0. The normalized spacial score (nSPS) is 14.6. The first-order valence-corrected chi connectivity index (χ1v) is 9.99. The number of nitrogens with zero attached hydrogens (tertiary/aromatic N) is 2. The van der Waals surface area contributed by atoms with Gasteiger partial charge in [0.2, 0.25) is 5.71 Å². The van der Waals surface area contributed by atoms with Crippen LogP contribution in [0.5, 0.6) is 0 Å². The molecule has 3 aromatic rings. The number of fused-ring (bicyclic) bond motifs is 1. The molecule has 1 saturated carbocycles. The first kappa shape index (κ1) is 19.9. The SMILES string of the molecule is COC(=O)c1ccc(NC(=O)c2c(C)oc3ncn(C4CCCCC4)c(=O)c23)cc1. The maximum Gasteiger partial charge on any atom is 0.337 e. The van der Waals surface area contributed by atoms with Crippen LogP contribution in [0.2, 0.25) is 0 Å². The number of benzene rings is 1. The summed E-state index contributed by atoms with van der Waals surface area (Å²) >= 11 is 0. The number of aryl methyl sites for hydroxylation is 1. The van der Waals surface area contributed by atoms with Crippen LogP contribution in [0.4, 0.5) is 5.69 Å². The number of methoxy groups -OCH3 is 1. The molecule has 0 bridgehead atoms. The smallest absolute Gasteiger partial charge is 0.337 e. The zero-order chi connectivity index (χ0) is 21.3. The summed E-state index contributed by atoms with van der Waals surface area (Å²) in [6, 6.07) is 6.40. The fourth-order valence-electron chi connectivity index (χ4n) is 4.01. The fraction of sp³-hybridized carbons (Fsp3) is 0.364. The van der Waals surface area contributed by atoms with E-state index in [1.54, 1.807) is 35.8 Å². The Labute approximate surface area is 172 Å². The average molecular weight is 409 g/mol. The summed E-state index contributed by atoms with van der Waals surface area (Å²) in [7, 11) is 1.30. The number of nitrogens with one attached hydrogen (secondary N) is 1. The van der Waals surface area contributed by atoms with Gasteiger partial charge in [-0.1, -0.05) is 19.3 Å². The highest BCUT2D eigenvalue weighted by atomic mass is 16.5. The van der Waals surface area contributed by atoms with Crippen LogP contribution in [0.15, 0.2) is 39.8 Å². The Morgan fingerprint density at radius 2 is 1.87 bits per heavy atom. The number of amides is 1. The van der Waals surface area contributed by atoms with Gasteiger partial charge in [0.05, 0.1) is 18.2 Å². The lowest BCUT2D eigenvalue weighted by Crippen LogP contribution is -2.27. The fourth-order valence-corrected chi connectivity index (χ4v) is 4.01. The lowest BCUT2D eigenvalue weighted by atomic mass is 9.95. The molecule has 4 rings (SSSR count). The monoisotopic (exact) mass is 409 g/mol. The van der Waals surface area contributed by atoms with Gasteiger partial charge in [-0.15, -0.1) is 0 Å². The van der Waals surface area contributed by atoms with Crippen molar-refractivity contribution in [3.8, 4) is 0 Å². The third-order valence-electron chi connectivity index (χ3n) is 5.57. The molecule has 1 aliphatic rings. The molecule has 0 aliphatic heterocycles. The second-order valence-electron chi connectivity index (χ2n) is 7.49. The third kappa shape index (κ3) is 3.60. The lowest BCUT2D eigenvalue weighted by molar-refractivity contribution is 0.0600. The summed E-state index contributed by atoms with van der Waals surface area (Å²) in [5, 5.41) is 2.96. The molecule has 1 N–H and O–H groups in total. The first-order chi connectivity index (χ1) is 14.5. The zero-order valence-electron chi connectivity index (χ0n) is 16.9. The molecular weight excluding hydrogens is 386 g/mol. The van der Waals surface area contributed by atoms with Crippen LogP contribution in [0.1, 0.15) is 64.6 Å². The molecule has 1 aromatic carbocycles. The maximum atomic E-state index is 13.2. The number of rotatable bonds is 4. The van der Waals surface area contributed by atoms with Crippen LogP contribution >= 0.6 is 0 Å². The molecule has 1 amide bonds. The van der Waals surface area contributed by atoms with Gasteiger partial charge < -0.3 is 14.5 Å². The minimum atomic E-state index is -0.461. The predicted octanol–water partition coefficient (Wildman–Crippen LogP) is 3.84. The van der Waals surface area contributed by atoms with Crippen molar-refractivity contribution < 1.29 is 18.7 Å². The first-order valence-electron chi connectivity index (χ1n) is 9.99. The van der Waals surface area contributed by atoms with E-state index in [0.29, 0.717) is 17.0 Å². The number of anilines is 1. The summed E-state index contributed by atoms with van der Waals surface area (Å²) in [6.07, 6.45) is 6.71. The van der Waals surface area contributed by atoms with E-state index >= 15 is 0 Å². The third-order valence-corrected chi connectivity index (χ3v) is 5.57. The molecule has 30 heavy (non-hydrogen) atoms. The van der Waals surface area contributed by atoms with Crippen LogP contribution in [0, 0.1) is 6.92 Å². The van der Waals surface area contributed by atoms with Gasteiger partial charge in [0, 0.05) is 11.7 Å². The number of hydrogen-bond donors (Lipinski definition) is 1. The second kappa shape index (κ2) is 8.14. The van der Waals surface area contributed by atoms with Crippen molar-refractivity contribution in [1.29, 1.82) is 0 Å². The minimum Gasteiger partial charge on any atom is -0.465 e. The quantitative estimate of drug-likeness (QED) is 0.657. The van der Waals surface area contributed by atoms with E-state index in [2.05, 4.69) is 15.0 Å². The van der Waals surface area contributed by atoms with Gasteiger partial charge in [0.15, 0.2) is 0 Å². The van der Waals surface area contributed by atoms with Gasteiger partial charge >= 0.3 is 5.97 Å². The molecule has 0 spiro atoms. The number of furan rings is 1. The molecule has 8 heteroatoms. The Hall–Kier alpha value is -3.42. The van der Waals surface area contributed by atoms with E-state index in [9.17, 15) is 14.4 Å². The van der Waals surface area contributed by atoms with Crippen molar-refractivity contribution in [1.82, 2.24) is 9.55 Å². The molecule has 1 aliphatic carbocycles. The van der Waals surface area contributed by atoms with Crippen LogP contribution in [-0.2, 0) is 4.74 Å². The van der Waals surface area contributed by atoms with E-state index in [-0.39, 0.29) is 28.3 Å². The number of hydrogen-bond acceptors (Lipinski definition) is 6. The van der Waals surface area contributed by atoms with Crippen LogP contribution < -0.4 is 10.9 Å². The average Bonchev–Trinajstić information content (AvgIpc) is 3.11. The van der Waals surface area contributed by atoms with Crippen molar-refractivity contribution in [2.75, 3.05) is 12.4 Å². The second-order valence-corrected chi connectivity index (χ2v) is 7.49. The van der Waals surface area contributed by atoms with Crippen molar-refractivity contribution >= 4 is 28.7 Å². The molecule has 156 valence electrons. The zero-order valence-corrected chi connectivity index (χ0v) is 16.9. The predicted molar refractivity (Wildman–Crippen MR) is 111 cm³/mol. The standard InChI is InChI=1S/C22H23N3O5/c1-13-17(19(26)24-15-10-8-14(9-11-15)22(28)29-2)18-20(30-13)23-12-25(21(18)27)16-6-4-3-5-7-16/h8-12,16H,3-7H2,1-2H3,(H,24,26). The molecular formula is C22H23N3O5. The molecule has 2 aromatic heterocycles. The van der Waals surface area contributed by atoms with Crippen molar-refractivity contribution in [3.63, 3.8) is 0 Å². The Kier molecular flexibility index (Phi) is 5.39. The summed E-state index contributed by atoms with van der Waals surface area (Å²) in [5.74, 6) is -0.587. The number of aromatic nitrogens is 2. The molecule has 1 fully saturated rings. The highest BCUT2D eigenvalue weighted by molar-refractivity contribution is 6.12. The maximum absolute atomic E-state index is 13.2. The van der Waals surface area contributed by atoms with Crippen molar-refractivity contribution in [3.05, 3.63) is 57.8 Å². The Balaban J connectivity index is 1.67. The number of carbonyl (C=O) groups is 2. The number of carbonyl (C=O) groups excluding carboxylic acids is 2. The summed E-state index contributed by atoms with van der Waals surface area (Å²) in [5.41, 5.74) is 0.952. The topological polar surface area (TPSA) is 103 Å². The molecule has 8 nitrogen and oxygen atoms in total. The molecule has 0 atom stereocenters. The van der Waals surface area contributed by atoms with E-state index in [1.807, 2.05) is 0 Å². The lowest BCUT2D eigenvalue weighted by Gasteiger charge is -2.23. The van der Waals surface area contributed by atoms with Crippen molar-refractivity contribution in [2.45, 2.75) is 45.1 Å². The van der Waals surface area contributed by atoms with Gasteiger partial charge in [0.1, 0.15) is 17.5 Å². The Bertz CT molecular complexity index is 1150. The van der Waals surface area contributed by atoms with Gasteiger partial charge in [-0.25, -0.2) is 9.78 Å². The molecule has 0 saturated heterocycles. The van der Waals surface area contributed by atoms with Gasteiger partial charge in [-0.3, -0.25) is 14.2 Å². The number of esters is 1. The summed E-state index contributed by atoms with van der Waals surface area (Å²) < 4.78 is 11.9. The molecule has 2 heterocycles. The van der Waals surface area contributed by atoms with Gasteiger partial charge in [0.25, 0.3) is 11.5 Å². The van der Waals surface area contributed by atoms with Gasteiger partial charge in [-0.05, 0) is 44.0 Å². The van der Waals surface area contributed by atoms with Crippen LogP contribution in [-0.4, -0.2) is 28.5 Å². The largest absolute Gasteiger partial charge is 0.465 e. The van der Waals surface area contributed by atoms with Gasteiger partial charge in [-0.2, -0.15) is 0 Å². The van der Waals surface area contributed by atoms with E-state index < -0.39 is 11.9 Å². The van der Waals surface area contributed by atoms with Crippen LogP contribution in [0.3, 0.4) is 0 Å². The Morgan fingerprint density at radius 3 is 2.53 bits per heavy atom. The molecule has 0 unspecified atom stereocenters. The minimum absolute atomic E-state index is 0.0973. The summed E-state index contributed by atoms with van der Waals surface area (Å²) in [6.45, 7) is 1.64. The van der Waals surface area contributed by atoms with Crippen LogP contribution in [0.25, 0.3) is 11.1 Å². The van der Waals surface area contributed by atoms with E-state index in [4.69, 9.17) is 4.42 Å².